The van der Waals surface area contributed by atoms with Crippen LogP contribution in [0.1, 0.15) is 36.3 Å². The van der Waals surface area contributed by atoms with E-state index in [4.69, 9.17) is 16.0 Å². The van der Waals surface area contributed by atoms with Crippen LogP contribution in [0.2, 0.25) is 5.02 Å². The second-order valence-electron chi connectivity index (χ2n) is 6.12. The van der Waals surface area contributed by atoms with Crippen molar-refractivity contribution in [2.75, 3.05) is 7.05 Å². The zero-order chi connectivity index (χ0) is 15.7. The Morgan fingerprint density at radius 2 is 2.09 bits per heavy atom. The summed E-state index contributed by atoms with van der Waals surface area (Å²) in [7, 11) is 1.84. The highest BCUT2D eigenvalue weighted by Gasteiger charge is 2.47. The number of carbonyl (C=O) groups excluding carboxylic acids is 1. The average molecular weight is 318 g/mol. The molecular formula is C18H20ClNO2. The Labute approximate surface area is 135 Å². The Kier molecular flexibility index (Phi) is 4.00. The van der Waals surface area contributed by atoms with Crippen molar-refractivity contribution in [3.63, 3.8) is 0 Å². The maximum atomic E-state index is 13.0. The number of benzene rings is 1. The molecule has 116 valence electrons. The molecule has 0 bridgehead atoms. The van der Waals surface area contributed by atoms with Crippen molar-refractivity contribution in [2.45, 2.75) is 38.1 Å². The van der Waals surface area contributed by atoms with Crippen LogP contribution < -0.4 is 0 Å². The number of nitrogens with zero attached hydrogens (tertiary/aromatic N) is 1. The number of furan rings is 1. The van der Waals surface area contributed by atoms with Gasteiger partial charge < -0.3 is 9.32 Å². The number of amides is 1. The summed E-state index contributed by atoms with van der Waals surface area (Å²) in [6, 6.07) is 11.5. The number of likely N-dealkylation sites (N-methyl/N-ethyl adjacent to an activating group) is 1. The van der Waals surface area contributed by atoms with Gasteiger partial charge in [-0.3, -0.25) is 4.79 Å². The topological polar surface area (TPSA) is 33.5 Å². The molecule has 0 radical (unpaired) electrons. The van der Waals surface area contributed by atoms with Crippen molar-refractivity contribution in [3.05, 3.63) is 58.5 Å². The molecule has 1 aliphatic rings. The summed E-state index contributed by atoms with van der Waals surface area (Å²) in [5, 5.41) is 0.681. The fourth-order valence-electron chi connectivity index (χ4n) is 3.18. The van der Waals surface area contributed by atoms with Gasteiger partial charge >= 0.3 is 0 Å². The highest BCUT2D eigenvalue weighted by molar-refractivity contribution is 6.30. The van der Waals surface area contributed by atoms with Crippen LogP contribution in [0.5, 0.6) is 0 Å². The van der Waals surface area contributed by atoms with Crippen molar-refractivity contribution in [3.8, 4) is 0 Å². The van der Waals surface area contributed by atoms with Gasteiger partial charge in [-0.25, -0.2) is 0 Å². The molecule has 1 fully saturated rings. The number of carbonyl (C=O) groups is 1. The van der Waals surface area contributed by atoms with E-state index in [0.717, 1.165) is 36.3 Å². The lowest BCUT2D eigenvalue weighted by atomic mass is 9.63. The lowest BCUT2D eigenvalue weighted by Crippen LogP contribution is -2.49. The SMILES string of the molecule is Cc1ccc(CN(C)C(=O)C2(c3cccc(Cl)c3)CCC2)o1. The van der Waals surface area contributed by atoms with E-state index in [1.165, 1.54) is 0 Å². The molecule has 1 saturated carbocycles. The van der Waals surface area contributed by atoms with Crippen molar-refractivity contribution < 1.29 is 9.21 Å². The van der Waals surface area contributed by atoms with Crippen LogP contribution >= 0.6 is 11.6 Å². The number of rotatable bonds is 4. The minimum Gasteiger partial charge on any atom is -0.464 e. The van der Waals surface area contributed by atoms with E-state index in [2.05, 4.69) is 0 Å². The smallest absolute Gasteiger partial charge is 0.233 e. The largest absolute Gasteiger partial charge is 0.464 e. The monoisotopic (exact) mass is 317 g/mol. The predicted molar refractivity (Wildman–Crippen MR) is 86.9 cm³/mol. The van der Waals surface area contributed by atoms with Crippen molar-refractivity contribution in [1.29, 1.82) is 0 Å². The molecule has 1 heterocycles. The molecule has 1 amide bonds. The van der Waals surface area contributed by atoms with Gasteiger partial charge in [0.25, 0.3) is 0 Å². The minimum absolute atomic E-state index is 0.148. The third-order valence-electron chi connectivity index (χ3n) is 4.53. The summed E-state index contributed by atoms with van der Waals surface area (Å²) in [5.41, 5.74) is 0.611. The van der Waals surface area contributed by atoms with Gasteiger partial charge in [0.1, 0.15) is 11.5 Å². The second-order valence-corrected chi connectivity index (χ2v) is 6.56. The van der Waals surface area contributed by atoms with Crippen LogP contribution in [0.25, 0.3) is 0 Å². The third-order valence-corrected chi connectivity index (χ3v) is 4.76. The first-order valence-electron chi connectivity index (χ1n) is 7.58. The van der Waals surface area contributed by atoms with E-state index < -0.39 is 5.41 Å². The molecule has 3 rings (SSSR count). The number of hydrogen-bond acceptors (Lipinski definition) is 2. The third kappa shape index (κ3) is 2.66. The summed E-state index contributed by atoms with van der Waals surface area (Å²) < 4.78 is 5.58. The lowest BCUT2D eigenvalue weighted by Gasteiger charge is -2.43. The molecule has 1 aliphatic carbocycles. The molecule has 4 heteroatoms. The first-order chi connectivity index (χ1) is 10.5. The summed E-state index contributed by atoms with van der Waals surface area (Å²) >= 11 is 6.11. The zero-order valence-electron chi connectivity index (χ0n) is 12.9. The first-order valence-corrected chi connectivity index (χ1v) is 7.96. The molecule has 0 spiro atoms. The molecule has 0 atom stereocenters. The quantitative estimate of drug-likeness (QED) is 0.841. The molecular weight excluding hydrogens is 298 g/mol. The maximum Gasteiger partial charge on any atom is 0.233 e. The molecule has 0 N–H and O–H groups in total. The van der Waals surface area contributed by atoms with Gasteiger partial charge in [0.15, 0.2) is 0 Å². The van der Waals surface area contributed by atoms with Gasteiger partial charge in [0.2, 0.25) is 5.91 Å². The Morgan fingerprint density at radius 3 is 2.64 bits per heavy atom. The second kappa shape index (κ2) is 5.81. The van der Waals surface area contributed by atoms with E-state index in [1.807, 2.05) is 50.4 Å². The fraction of sp³-hybridized carbons (Fsp3) is 0.389. The van der Waals surface area contributed by atoms with Gasteiger partial charge in [-0.1, -0.05) is 30.2 Å². The molecule has 0 saturated heterocycles. The minimum atomic E-state index is -0.415. The highest BCUT2D eigenvalue weighted by Crippen LogP contribution is 2.45. The Hall–Kier alpha value is -1.74. The van der Waals surface area contributed by atoms with E-state index in [0.29, 0.717) is 11.6 Å². The van der Waals surface area contributed by atoms with Crippen LogP contribution in [-0.4, -0.2) is 17.9 Å². The van der Waals surface area contributed by atoms with Gasteiger partial charge in [0.05, 0.1) is 12.0 Å². The van der Waals surface area contributed by atoms with Crippen LogP contribution in [0.15, 0.2) is 40.8 Å². The van der Waals surface area contributed by atoms with Crippen LogP contribution in [0, 0.1) is 6.92 Å². The van der Waals surface area contributed by atoms with E-state index in [-0.39, 0.29) is 5.91 Å². The highest BCUT2D eigenvalue weighted by atomic mass is 35.5. The van der Waals surface area contributed by atoms with Crippen LogP contribution in [-0.2, 0) is 16.8 Å². The molecule has 1 aromatic heterocycles. The maximum absolute atomic E-state index is 13.0. The molecule has 3 nitrogen and oxygen atoms in total. The molecule has 22 heavy (non-hydrogen) atoms. The number of hydrogen-bond donors (Lipinski definition) is 0. The van der Waals surface area contributed by atoms with Crippen LogP contribution in [0.3, 0.4) is 0 Å². The van der Waals surface area contributed by atoms with E-state index in [1.54, 1.807) is 4.90 Å². The molecule has 0 aliphatic heterocycles. The Morgan fingerprint density at radius 1 is 1.32 bits per heavy atom. The summed E-state index contributed by atoms with van der Waals surface area (Å²) in [5.74, 6) is 1.83. The molecule has 2 aromatic rings. The Balaban J connectivity index is 1.82. The van der Waals surface area contributed by atoms with Gasteiger partial charge in [-0.05, 0) is 49.6 Å². The number of aryl methyl sites for hydroxylation is 1. The normalized spacial score (nSPS) is 16.1. The number of halogens is 1. The average Bonchev–Trinajstić information content (AvgIpc) is 2.83. The summed E-state index contributed by atoms with van der Waals surface area (Å²) in [4.78, 5) is 14.8. The van der Waals surface area contributed by atoms with Gasteiger partial charge in [-0.2, -0.15) is 0 Å². The van der Waals surface area contributed by atoms with Crippen molar-refractivity contribution in [2.24, 2.45) is 0 Å². The first kappa shape index (κ1) is 15.2. The van der Waals surface area contributed by atoms with E-state index in [9.17, 15) is 4.79 Å². The van der Waals surface area contributed by atoms with Gasteiger partial charge in [0, 0.05) is 12.1 Å². The Bertz CT molecular complexity index is 688. The molecule has 1 aromatic carbocycles. The van der Waals surface area contributed by atoms with Crippen molar-refractivity contribution in [1.82, 2.24) is 4.90 Å². The fourth-order valence-corrected chi connectivity index (χ4v) is 3.37. The van der Waals surface area contributed by atoms with E-state index >= 15 is 0 Å². The predicted octanol–water partition coefficient (Wildman–Crippen LogP) is 4.32. The molecule has 0 unspecified atom stereocenters. The van der Waals surface area contributed by atoms with Gasteiger partial charge in [-0.15, -0.1) is 0 Å². The van der Waals surface area contributed by atoms with Crippen molar-refractivity contribution >= 4 is 17.5 Å². The lowest BCUT2D eigenvalue weighted by molar-refractivity contribution is -0.140. The zero-order valence-corrected chi connectivity index (χ0v) is 13.7. The standard InChI is InChI=1S/C18H20ClNO2/c1-13-7-8-16(22-13)12-20(2)17(21)18(9-4-10-18)14-5-3-6-15(19)11-14/h3,5-8,11H,4,9-10,12H2,1-2H3. The summed E-state index contributed by atoms with van der Waals surface area (Å²) in [6.45, 7) is 2.40. The summed E-state index contributed by atoms with van der Waals surface area (Å²) in [6.07, 6.45) is 2.84. The van der Waals surface area contributed by atoms with Crippen LogP contribution in [0.4, 0.5) is 0 Å².